The molecule has 1 heterocycles. The van der Waals surface area contributed by atoms with E-state index in [0.29, 0.717) is 17.5 Å². The molecule has 1 unspecified atom stereocenters. The molecule has 0 saturated carbocycles. The molecule has 1 aliphatic rings. The number of carbonyl (C=O) groups excluding carboxylic acids is 3. The van der Waals surface area contributed by atoms with E-state index >= 15 is 0 Å². The Balaban J connectivity index is 2.26. The van der Waals surface area contributed by atoms with E-state index in [9.17, 15) is 18.8 Å². The molecule has 0 aliphatic carbocycles. The van der Waals surface area contributed by atoms with E-state index in [4.69, 9.17) is 0 Å². The number of nitrogens with zero attached hydrogens (tertiary/aromatic N) is 1. The SMILES string of the molecule is C=C(/C=C\C(F)=C/C)CN(C=O)CC1(c2ccc(Br)cc2)NC(=O)NC1=O. The first-order chi connectivity index (χ1) is 12.8. The summed E-state index contributed by atoms with van der Waals surface area (Å²) in [5.41, 5.74) is -0.422. The van der Waals surface area contributed by atoms with Crippen molar-refractivity contribution in [2.24, 2.45) is 0 Å². The van der Waals surface area contributed by atoms with Crippen molar-refractivity contribution in [2.45, 2.75) is 12.5 Å². The molecule has 2 rings (SSSR count). The zero-order valence-corrected chi connectivity index (χ0v) is 16.3. The van der Waals surface area contributed by atoms with Crippen LogP contribution in [0.3, 0.4) is 0 Å². The summed E-state index contributed by atoms with van der Waals surface area (Å²) in [6, 6.07) is 6.22. The van der Waals surface area contributed by atoms with Crippen LogP contribution in [-0.4, -0.2) is 36.3 Å². The number of carbonyl (C=O) groups is 3. The van der Waals surface area contributed by atoms with Gasteiger partial charge in [0.1, 0.15) is 5.83 Å². The molecule has 27 heavy (non-hydrogen) atoms. The highest BCUT2D eigenvalue weighted by Gasteiger charge is 2.48. The van der Waals surface area contributed by atoms with E-state index in [2.05, 4.69) is 33.1 Å². The van der Waals surface area contributed by atoms with E-state index in [0.717, 1.165) is 4.47 Å². The second-order valence-corrected chi connectivity index (χ2v) is 6.91. The second kappa shape index (κ2) is 8.77. The number of urea groups is 1. The highest BCUT2D eigenvalue weighted by Crippen LogP contribution is 2.27. The number of nitrogens with one attached hydrogen (secondary N) is 2. The average Bonchev–Trinajstić information content (AvgIpc) is 2.93. The van der Waals surface area contributed by atoms with Gasteiger partial charge in [0.2, 0.25) is 6.41 Å². The van der Waals surface area contributed by atoms with Crippen LogP contribution >= 0.6 is 15.9 Å². The van der Waals surface area contributed by atoms with Crippen molar-refractivity contribution in [1.29, 1.82) is 0 Å². The standard InChI is InChI=1S/C19H19BrFN3O3/c1-3-16(21)9-4-13(2)10-24(12-25)11-19(17(26)22-18(27)23-19)14-5-7-15(20)8-6-14/h3-9,12H,2,10-11H2,1H3,(H2,22,23,26,27)/b9-4-,16-3+. The zero-order chi connectivity index (χ0) is 20.0. The number of imide groups is 1. The van der Waals surface area contributed by atoms with Crippen molar-refractivity contribution in [2.75, 3.05) is 13.1 Å². The fraction of sp³-hybridized carbons (Fsp3) is 0.211. The monoisotopic (exact) mass is 435 g/mol. The molecule has 0 aromatic heterocycles. The Kier molecular flexibility index (Phi) is 6.68. The van der Waals surface area contributed by atoms with Crippen LogP contribution in [0.4, 0.5) is 9.18 Å². The number of amides is 4. The minimum atomic E-state index is -1.42. The molecule has 142 valence electrons. The van der Waals surface area contributed by atoms with Crippen LogP contribution in [0.5, 0.6) is 0 Å². The van der Waals surface area contributed by atoms with Gasteiger partial charge in [-0.1, -0.05) is 46.8 Å². The van der Waals surface area contributed by atoms with Crippen molar-refractivity contribution >= 4 is 34.3 Å². The number of benzene rings is 1. The molecule has 6 nitrogen and oxygen atoms in total. The summed E-state index contributed by atoms with van der Waals surface area (Å²) in [6.45, 7) is 5.31. The molecule has 1 atom stereocenters. The Morgan fingerprint density at radius 2 is 1.96 bits per heavy atom. The Morgan fingerprint density at radius 3 is 2.48 bits per heavy atom. The molecule has 0 radical (unpaired) electrons. The normalized spacial score (nSPS) is 19.7. The Morgan fingerprint density at radius 1 is 1.30 bits per heavy atom. The Labute approximate surface area is 164 Å². The van der Waals surface area contributed by atoms with Gasteiger partial charge in [0.05, 0.1) is 6.54 Å². The fourth-order valence-corrected chi connectivity index (χ4v) is 2.94. The summed E-state index contributed by atoms with van der Waals surface area (Å²) in [5.74, 6) is -0.981. The molecule has 1 fully saturated rings. The smallest absolute Gasteiger partial charge is 0.322 e. The summed E-state index contributed by atoms with van der Waals surface area (Å²) < 4.78 is 14.0. The van der Waals surface area contributed by atoms with Gasteiger partial charge in [0, 0.05) is 11.0 Å². The average molecular weight is 436 g/mol. The predicted molar refractivity (Wildman–Crippen MR) is 103 cm³/mol. The third-order valence-electron chi connectivity index (χ3n) is 4.03. The van der Waals surface area contributed by atoms with Gasteiger partial charge >= 0.3 is 6.03 Å². The van der Waals surface area contributed by atoms with Crippen LogP contribution in [0.2, 0.25) is 0 Å². The Hall–Kier alpha value is -2.74. The van der Waals surface area contributed by atoms with Gasteiger partial charge in [-0.05, 0) is 36.3 Å². The number of hydrogen-bond acceptors (Lipinski definition) is 3. The number of hydrogen-bond donors (Lipinski definition) is 2. The maximum absolute atomic E-state index is 13.2. The molecule has 1 aromatic rings. The summed E-state index contributed by atoms with van der Waals surface area (Å²) in [7, 11) is 0. The lowest BCUT2D eigenvalue weighted by molar-refractivity contribution is -0.126. The topological polar surface area (TPSA) is 78.5 Å². The van der Waals surface area contributed by atoms with E-state index in [-0.39, 0.29) is 13.1 Å². The maximum atomic E-state index is 13.2. The van der Waals surface area contributed by atoms with Gasteiger partial charge in [-0.3, -0.25) is 14.9 Å². The van der Waals surface area contributed by atoms with Gasteiger partial charge in [-0.25, -0.2) is 9.18 Å². The van der Waals surface area contributed by atoms with Crippen LogP contribution in [0.1, 0.15) is 12.5 Å². The first kappa shape index (κ1) is 20.6. The van der Waals surface area contributed by atoms with Crippen molar-refractivity contribution in [1.82, 2.24) is 15.5 Å². The van der Waals surface area contributed by atoms with Crippen LogP contribution in [0.15, 0.2) is 64.9 Å². The van der Waals surface area contributed by atoms with Crippen molar-refractivity contribution in [3.63, 3.8) is 0 Å². The highest BCUT2D eigenvalue weighted by atomic mass is 79.9. The van der Waals surface area contributed by atoms with E-state index < -0.39 is 23.3 Å². The molecule has 0 bridgehead atoms. The van der Waals surface area contributed by atoms with Gasteiger partial charge in [-0.15, -0.1) is 0 Å². The summed E-state index contributed by atoms with van der Waals surface area (Å²) in [4.78, 5) is 37.2. The lowest BCUT2D eigenvalue weighted by Gasteiger charge is -2.31. The summed E-state index contributed by atoms with van der Waals surface area (Å²) in [6.07, 6.45) is 4.54. The van der Waals surface area contributed by atoms with Crippen LogP contribution < -0.4 is 10.6 Å². The number of rotatable bonds is 8. The van der Waals surface area contributed by atoms with Gasteiger partial charge < -0.3 is 10.2 Å². The molecule has 8 heteroatoms. The lowest BCUT2D eigenvalue weighted by atomic mass is 9.89. The first-order valence-electron chi connectivity index (χ1n) is 8.07. The lowest BCUT2D eigenvalue weighted by Crippen LogP contribution is -2.52. The van der Waals surface area contributed by atoms with Gasteiger partial charge in [0.15, 0.2) is 5.54 Å². The van der Waals surface area contributed by atoms with Crippen LogP contribution in [0.25, 0.3) is 0 Å². The molecule has 1 aromatic carbocycles. The first-order valence-corrected chi connectivity index (χ1v) is 8.86. The molecular weight excluding hydrogens is 417 g/mol. The second-order valence-electron chi connectivity index (χ2n) is 6.00. The maximum Gasteiger partial charge on any atom is 0.322 e. The summed E-state index contributed by atoms with van der Waals surface area (Å²) in [5, 5.41) is 4.83. The number of allylic oxidation sites excluding steroid dienone is 3. The van der Waals surface area contributed by atoms with E-state index in [1.807, 2.05) is 0 Å². The molecule has 2 N–H and O–H groups in total. The van der Waals surface area contributed by atoms with Crippen LogP contribution in [0, 0.1) is 0 Å². The minimum absolute atomic E-state index is 0.0679. The molecular formula is C19H19BrFN3O3. The van der Waals surface area contributed by atoms with Gasteiger partial charge in [-0.2, -0.15) is 0 Å². The predicted octanol–water partition coefficient (Wildman–Crippen LogP) is 2.93. The van der Waals surface area contributed by atoms with Crippen molar-refractivity contribution in [3.8, 4) is 0 Å². The summed E-state index contributed by atoms with van der Waals surface area (Å²) >= 11 is 3.32. The van der Waals surface area contributed by atoms with Crippen LogP contribution in [-0.2, 0) is 15.1 Å². The molecule has 4 amide bonds. The third-order valence-corrected chi connectivity index (χ3v) is 4.56. The van der Waals surface area contributed by atoms with E-state index in [1.54, 1.807) is 31.2 Å². The quantitative estimate of drug-likeness (QED) is 0.374. The fourth-order valence-electron chi connectivity index (χ4n) is 2.67. The molecule has 1 aliphatic heterocycles. The van der Waals surface area contributed by atoms with Gasteiger partial charge in [0.25, 0.3) is 5.91 Å². The molecule has 0 spiro atoms. The number of halogens is 2. The van der Waals surface area contributed by atoms with Crippen molar-refractivity contribution in [3.05, 3.63) is 70.5 Å². The zero-order valence-electron chi connectivity index (χ0n) is 14.7. The Bertz CT molecular complexity index is 820. The highest BCUT2D eigenvalue weighted by molar-refractivity contribution is 9.10. The minimum Gasteiger partial charge on any atom is -0.338 e. The van der Waals surface area contributed by atoms with E-state index in [1.165, 1.54) is 23.1 Å². The largest absolute Gasteiger partial charge is 0.338 e. The van der Waals surface area contributed by atoms with Crippen molar-refractivity contribution < 1.29 is 18.8 Å². The molecule has 1 saturated heterocycles. The third kappa shape index (κ3) is 4.91.